The average Bonchev–Trinajstić information content (AvgIpc) is 2.64. The van der Waals surface area contributed by atoms with E-state index in [1.807, 2.05) is 44.2 Å². The number of nitriles is 1. The van der Waals surface area contributed by atoms with Crippen molar-refractivity contribution in [2.45, 2.75) is 38.9 Å². The molecule has 0 radical (unpaired) electrons. The predicted molar refractivity (Wildman–Crippen MR) is 97.3 cm³/mol. The zero-order valence-electron chi connectivity index (χ0n) is 14.8. The van der Waals surface area contributed by atoms with E-state index in [0.29, 0.717) is 31.0 Å². The minimum atomic E-state index is -0.334. The molecule has 2 N–H and O–H groups in total. The number of hydrogen-bond acceptors (Lipinski definition) is 5. The van der Waals surface area contributed by atoms with Crippen LogP contribution in [0.4, 0.5) is 0 Å². The van der Waals surface area contributed by atoms with E-state index < -0.39 is 0 Å². The number of pyridine rings is 1. The summed E-state index contributed by atoms with van der Waals surface area (Å²) in [6.45, 7) is 5.09. The van der Waals surface area contributed by atoms with Gasteiger partial charge < -0.3 is 15.2 Å². The maximum Gasteiger partial charge on any atom is 0.232 e. The van der Waals surface area contributed by atoms with Gasteiger partial charge in [0.25, 0.3) is 0 Å². The van der Waals surface area contributed by atoms with Crippen LogP contribution in [0.15, 0.2) is 42.5 Å². The van der Waals surface area contributed by atoms with Crippen LogP contribution in [-0.4, -0.2) is 29.3 Å². The summed E-state index contributed by atoms with van der Waals surface area (Å²) in [5.74, 6) is 0.366. The summed E-state index contributed by atoms with van der Waals surface area (Å²) in [6.07, 6.45) is 0.888. The molecule has 0 aliphatic carbocycles. The first-order valence-electron chi connectivity index (χ1n) is 8.62. The second-order valence-corrected chi connectivity index (χ2v) is 5.99. The van der Waals surface area contributed by atoms with Gasteiger partial charge in [-0.25, -0.2) is 4.98 Å². The molecule has 0 spiro atoms. The molecule has 0 saturated carbocycles. The Hall–Kier alpha value is -2.42. The van der Waals surface area contributed by atoms with Crippen molar-refractivity contribution in [2.24, 2.45) is 0 Å². The predicted octanol–water partition coefficient (Wildman–Crippen LogP) is 3.13. The Kier molecular flexibility index (Phi) is 7.39. The molecule has 132 valence electrons. The van der Waals surface area contributed by atoms with Crippen LogP contribution >= 0.6 is 0 Å². The van der Waals surface area contributed by atoms with Gasteiger partial charge in [0.1, 0.15) is 17.7 Å². The molecule has 0 amide bonds. The second kappa shape index (κ2) is 9.77. The Morgan fingerprint density at radius 3 is 2.68 bits per heavy atom. The van der Waals surface area contributed by atoms with Gasteiger partial charge in [0, 0.05) is 18.7 Å². The van der Waals surface area contributed by atoms with E-state index >= 15 is 0 Å². The number of nitrogens with zero attached hydrogens (tertiary/aromatic N) is 2. The Morgan fingerprint density at radius 2 is 2.00 bits per heavy atom. The number of aromatic nitrogens is 1. The van der Waals surface area contributed by atoms with Crippen molar-refractivity contribution >= 4 is 0 Å². The molecule has 0 unspecified atom stereocenters. The lowest BCUT2D eigenvalue weighted by Gasteiger charge is -2.20. The zero-order chi connectivity index (χ0) is 18.1. The fourth-order valence-electron chi connectivity index (χ4n) is 2.45. The fourth-order valence-corrected chi connectivity index (χ4v) is 2.45. The third-order valence-corrected chi connectivity index (χ3v) is 3.98. The molecule has 0 saturated heterocycles. The van der Waals surface area contributed by atoms with Crippen LogP contribution in [0.1, 0.15) is 42.7 Å². The van der Waals surface area contributed by atoms with Crippen LogP contribution in [0.25, 0.3) is 0 Å². The van der Waals surface area contributed by atoms with Gasteiger partial charge in [-0.2, -0.15) is 5.26 Å². The van der Waals surface area contributed by atoms with Gasteiger partial charge in [-0.1, -0.05) is 37.3 Å². The third-order valence-electron chi connectivity index (χ3n) is 3.98. The molecule has 5 nitrogen and oxygen atoms in total. The molecule has 1 heterocycles. The smallest absolute Gasteiger partial charge is 0.232 e. The summed E-state index contributed by atoms with van der Waals surface area (Å²) < 4.78 is 6.10. The van der Waals surface area contributed by atoms with Gasteiger partial charge in [-0.15, -0.1) is 0 Å². The highest BCUT2D eigenvalue weighted by molar-refractivity contribution is 5.39. The minimum absolute atomic E-state index is 0.214. The van der Waals surface area contributed by atoms with Gasteiger partial charge in [0.05, 0.1) is 6.10 Å². The van der Waals surface area contributed by atoms with E-state index in [1.54, 1.807) is 12.1 Å². The maximum atomic E-state index is 9.63. The Labute approximate surface area is 149 Å². The van der Waals surface area contributed by atoms with Crippen LogP contribution in [-0.2, 0) is 0 Å². The monoisotopic (exact) mass is 339 g/mol. The van der Waals surface area contributed by atoms with Gasteiger partial charge in [0.15, 0.2) is 0 Å². The van der Waals surface area contributed by atoms with E-state index in [4.69, 9.17) is 4.74 Å². The van der Waals surface area contributed by atoms with Crippen molar-refractivity contribution < 1.29 is 9.84 Å². The standard InChI is InChI=1S/C20H25N3O2/c1-3-18(24)14-22-12-11-19(16-7-5-4-6-8-16)25-20-17(13-21)10-9-15(2)23-20/h4-10,18-19,22,24H,3,11-12,14H2,1-2H3/t18-,19+/m0/s1. The number of hydrogen-bond donors (Lipinski definition) is 2. The highest BCUT2D eigenvalue weighted by atomic mass is 16.5. The van der Waals surface area contributed by atoms with Gasteiger partial charge in [-0.3, -0.25) is 0 Å². The van der Waals surface area contributed by atoms with Gasteiger partial charge in [0.2, 0.25) is 5.88 Å². The van der Waals surface area contributed by atoms with Crippen molar-refractivity contribution in [1.82, 2.24) is 10.3 Å². The summed E-state index contributed by atoms with van der Waals surface area (Å²) >= 11 is 0. The largest absolute Gasteiger partial charge is 0.468 e. The molecule has 0 aliphatic heterocycles. The first kappa shape index (κ1) is 18.9. The number of aliphatic hydroxyl groups excluding tert-OH is 1. The summed E-state index contributed by atoms with van der Waals surface area (Å²) in [6, 6.07) is 15.6. The van der Waals surface area contributed by atoms with Crippen LogP contribution in [0.3, 0.4) is 0 Å². The number of aryl methyl sites for hydroxylation is 1. The van der Waals surface area contributed by atoms with Crippen LogP contribution in [0, 0.1) is 18.3 Å². The molecule has 2 atom stereocenters. The van der Waals surface area contributed by atoms with Crippen molar-refractivity contribution in [3.05, 3.63) is 59.3 Å². The molecule has 0 bridgehead atoms. The van der Waals surface area contributed by atoms with Gasteiger partial charge in [-0.05, 0) is 37.6 Å². The fraction of sp³-hybridized carbons (Fsp3) is 0.400. The van der Waals surface area contributed by atoms with E-state index in [1.165, 1.54) is 0 Å². The Balaban J connectivity index is 2.10. The Morgan fingerprint density at radius 1 is 1.24 bits per heavy atom. The molecule has 25 heavy (non-hydrogen) atoms. The lowest BCUT2D eigenvalue weighted by atomic mass is 10.1. The normalized spacial score (nSPS) is 13.0. The lowest BCUT2D eigenvalue weighted by Crippen LogP contribution is -2.28. The molecule has 1 aromatic carbocycles. The molecular formula is C20H25N3O2. The van der Waals surface area contributed by atoms with Crippen molar-refractivity contribution in [2.75, 3.05) is 13.1 Å². The number of aliphatic hydroxyl groups is 1. The molecule has 2 rings (SSSR count). The molecule has 5 heteroatoms. The molecule has 2 aromatic rings. The molecule has 0 fully saturated rings. The van der Waals surface area contributed by atoms with E-state index in [0.717, 1.165) is 17.7 Å². The van der Waals surface area contributed by atoms with Crippen LogP contribution in [0.5, 0.6) is 5.88 Å². The first-order valence-corrected chi connectivity index (χ1v) is 8.62. The molecule has 1 aromatic heterocycles. The molecular weight excluding hydrogens is 314 g/mol. The molecule has 0 aliphatic rings. The van der Waals surface area contributed by atoms with Crippen molar-refractivity contribution in [1.29, 1.82) is 5.26 Å². The SMILES string of the molecule is CC[C@H](O)CNCC[C@@H](Oc1nc(C)ccc1C#N)c1ccccc1. The highest BCUT2D eigenvalue weighted by Gasteiger charge is 2.16. The number of benzene rings is 1. The lowest BCUT2D eigenvalue weighted by molar-refractivity contribution is 0.158. The number of nitrogens with one attached hydrogen (secondary N) is 1. The summed E-state index contributed by atoms with van der Waals surface area (Å²) in [5, 5.41) is 22.2. The van der Waals surface area contributed by atoms with Crippen molar-refractivity contribution in [3.63, 3.8) is 0 Å². The van der Waals surface area contributed by atoms with Crippen LogP contribution < -0.4 is 10.1 Å². The first-order chi connectivity index (χ1) is 12.1. The number of ether oxygens (including phenoxy) is 1. The van der Waals surface area contributed by atoms with Gasteiger partial charge >= 0.3 is 0 Å². The van der Waals surface area contributed by atoms with E-state index in [2.05, 4.69) is 16.4 Å². The van der Waals surface area contributed by atoms with Crippen molar-refractivity contribution in [3.8, 4) is 11.9 Å². The summed E-state index contributed by atoms with van der Waals surface area (Å²) in [7, 11) is 0. The average molecular weight is 339 g/mol. The number of rotatable bonds is 9. The maximum absolute atomic E-state index is 9.63. The highest BCUT2D eigenvalue weighted by Crippen LogP contribution is 2.26. The summed E-state index contributed by atoms with van der Waals surface area (Å²) in [5.41, 5.74) is 2.28. The quantitative estimate of drug-likeness (QED) is 0.686. The van der Waals surface area contributed by atoms with Crippen LogP contribution in [0.2, 0.25) is 0 Å². The van der Waals surface area contributed by atoms with E-state index in [-0.39, 0.29) is 12.2 Å². The Bertz CT molecular complexity index is 698. The topological polar surface area (TPSA) is 78.2 Å². The zero-order valence-corrected chi connectivity index (χ0v) is 14.8. The van der Waals surface area contributed by atoms with E-state index in [9.17, 15) is 10.4 Å². The summed E-state index contributed by atoms with van der Waals surface area (Å²) in [4.78, 5) is 4.37. The third kappa shape index (κ3) is 5.86. The minimum Gasteiger partial charge on any atom is -0.468 e. The second-order valence-electron chi connectivity index (χ2n) is 5.99.